The van der Waals surface area contributed by atoms with Gasteiger partial charge in [0.05, 0.1) is 12.9 Å². The molecule has 0 aromatic carbocycles. The van der Waals surface area contributed by atoms with E-state index in [-0.39, 0.29) is 30.5 Å². The molecule has 1 atom stereocenters. The van der Waals surface area contributed by atoms with E-state index < -0.39 is 5.60 Å². The van der Waals surface area contributed by atoms with E-state index in [1.54, 1.807) is 19.2 Å². The van der Waals surface area contributed by atoms with Gasteiger partial charge in [0.1, 0.15) is 17.1 Å². The summed E-state index contributed by atoms with van der Waals surface area (Å²) in [5.41, 5.74) is -1.13. The van der Waals surface area contributed by atoms with Crippen LogP contribution in [0.25, 0.3) is 0 Å². The van der Waals surface area contributed by atoms with E-state index in [1.807, 2.05) is 37.0 Å². The van der Waals surface area contributed by atoms with Crippen LogP contribution in [0.4, 0.5) is 0 Å². The van der Waals surface area contributed by atoms with Gasteiger partial charge in [-0.3, -0.25) is 0 Å². The molecule has 0 aliphatic carbocycles. The van der Waals surface area contributed by atoms with Crippen molar-refractivity contribution < 1.29 is 9.52 Å². The molecule has 0 aliphatic heterocycles. The highest BCUT2D eigenvalue weighted by Crippen LogP contribution is 2.22. The molecule has 140 valence electrons. The lowest BCUT2D eigenvalue weighted by Gasteiger charge is -2.19. The van der Waals surface area contributed by atoms with Gasteiger partial charge in [-0.15, -0.1) is 24.0 Å². The Morgan fingerprint density at radius 2 is 2.20 bits per heavy atom. The first-order valence-corrected chi connectivity index (χ1v) is 8.28. The van der Waals surface area contributed by atoms with Crippen LogP contribution in [0, 0.1) is 6.92 Å². The Bertz CT molecular complexity index is 637. The van der Waals surface area contributed by atoms with Gasteiger partial charge in [0.25, 0.3) is 0 Å². The molecule has 1 unspecified atom stereocenters. The van der Waals surface area contributed by atoms with E-state index in [4.69, 9.17) is 4.42 Å². The lowest BCUT2D eigenvalue weighted by atomic mass is 10.0. The van der Waals surface area contributed by atoms with E-state index in [2.05, 4.69) is 20.6 Å². The van der Waals surface area contributed by atoms with Gasteiger partial charge in [-0.2, -0.15) is 0 Å². The lowest BCUT2D eigenvalue weighted by molar-refractivity contribution is 0.0428. The number of furan rings is 1. The second-order valence-corrected chi connectivity index (χ2v) is 5.96. The molecule has 25 heavy (non-hydrogen) atoms. The number of aryl methyl sites for hydroxylation is 2. The highest BCUT2D eigenvalue weighted by atomic mass is 127. The van der Waals surface area contributed by atoms with Crippen LogP contribution >= 0.6 is 24.0 Å². The third-order valence-electron chi connectivity index (χ3n) is 3.61. The third-order valence-corrected chi connectivity index (χ3v) is 3.61. The maximum Gasteiger partial charge on any atom is 0.191 e. The number of aliphatic hydroxyl groups is 1. The molecule has 0 spiro atoms. The number of aliphatic imine (C=N–C) groups is 1. The van der Waals surface area contributed by atoms with Crippen LogP contribution in [0.1, 0.15) is 31.8 Å². The van der Waals surface area contributed by atoms with Crippen molar-refractivity contribution >= 4 is 29.9 Å². The zero-order valence-corrected chi connectivity index (χ0v) is 17.4. The van der Waals surface area contributed by atoms with Gasteiger partial charge in [0.2, 0.25) is 0 Å². The monoisotopic (exact) mass is 461 g/mol. The molecule has 2 heterocycles. The highest BCUT2D eigenvalue weighted by molar-refractivity contribution is 14.0. The van der Waals surface area contributed by atoms with Crippen LogP contribution in [0.2, 0.25) is 0 Å². The fraction of sp³-hybridized carbons (Fsp3) is 0.529. The Balaban J connectivity index is 0.00000312. The second-order valence-electron chi connectivity index (χ2n) is 5.96. The fourth-order valence-corrected chi connectivity index (χ4v) is 2.26. The van der Waals surface area contributed by atoms with Gasteiger partial charge in [-0.05, 0) is 39.3 Å². The highest BCUT2D eigenvalue weighted by Gasteiger charge is 2.26. The summed E-state index contributed by atoms with van der Waals surface area (Å²) < 4.78 is 7.55. The molecule has 2 rings (SSSR count). The Morgan fingerprint density at radius 1 is 1.40 bits per heavy atom. The normalized spacial score (nSPS) is 13.8. The van der Waals surface area contributed by atoms with Crippen molar-refractivity contribution in [3.05, 3.63) is 42.4 Å². The molecule has 0 fully saturated rings. The van der Waals surface area contributed by atoms with Crippen molar-refractivity contribution in [3.63, 3.8) is 0 Å². The first-order valence-electron chi connectivity index (χ1n) is 8.28. The Morgan fingerprint density at radius 3 is 2.80 bits per heavy atom. The van der Waals surface area contributed by atoms with Crippen LogP contribution in [0.15, 0.2) is 40.3 Å². The summed E-state index contributed by atoms with van der Waals surface area (Å²) in [4.78, 5) is 8.49. The number of halogens is 1. The largest absolute Gasteiger partial charge is 0.463 e. The summed E-state index contributed by atoms with van der Waals surface area (Å²) in [5.74, 6) is 1.99. The first-order chi connectivity index (χ1) is 11.5. The predicted molar refractivity (Wildman–Crippen MR) is 109 cm³/mol. The maximum atomic E-state index is 10.5. The summed E-state index contributed by atoms with van der Waals surface area (Å²) in [6, 6.07) is 3.63. The van der Waals surface area contributed by atoms with Crippen molar-refractivity contribution in [1.29, 1.82) is 0 Å². The van der Waals surface area contributed by atoms with Crippen LogP contribution in [-0.4, -0.2) is 40.3 Å². The van der Waals surface area contributed by atoms with Gasteiger partial charge in [-0.25, -0.2) is 9.98 Å². The molecule has 0 saturated heterocycles. The lowest BCUT2D eigenvalue weighted by Crippen LogP contribution is -2.39. The molecular weight excluding hydrogens is 433 g/mol. The van der Waals surface area contributed by atoms with Crippen LogP contribution in [-0.2, 0) is 12.1 Å². The minimum atomic E-state index is -1.13. The maximum absolute atomic E-state index is 10.5. The van der Waals surface area contributed by atoms with Crippen molar-refractivity contribution in [2.24, 2.45) is 4.99 Å². The average Bonchev–Trinajstić information content (AvgIpc) is 3.20. The molecular formula is C17H28IN5O2. The molecule has 0 radical (unpaired) electrons. The fourth-order valence-electron chi connectivity index (χ4n) is 2.26. The summed E-state index contributed by atoms with van der Waals surface area (Å²) in [5, 5.41) is 17.0. The Kier molecular flexibility index (Phi) is 8.98. The molecule has 0 saturated carbocycles. The van der Waals surface area contributed by atoms with Crippen molar-refractivity contribution in [2.45, 2.75) is 39.3 Å². The zero-order chi connectivity index (χ0) is 17.4. The molecule has 0 aliphatic rings. The van der Waals surface area contributed by atoms with E-state index >= 15 is 0 Å². The number of guanidine groups is 1. The number of rotatable bonds is 8. The van der Waals surface area contributed by atoms with E-state index in [0.29, 0.717) is 11.7 Å². The quantitative estimate of drug-likeness (QED) is 0.243. The summed E-state index contributed by atoms with van der Waals surface area (Å²) in [6.45, 7) is 8.23. The smallest absolute Gasteiger partial charge is 0.191 e. The topological polar surface area (TPSA) is 87.6 Å². The molecule has 0 amide bonds. The SMILES string of the molecule is CCNC(=NCC(C)(O)c1ccc(C)o1)NCCCn1ccnc1.I. The van der Waals surface area contributed by atoms with Crippen molar-refractivity contribution in [2.75, 3.05) is 19.6 Å². The zero-order valence-electron chi connectivity index (χ0n) is 15.0. The van der Waals surface area contributed by atoms with E-state index in [9.17, 15) is 5.11 Å². The first kappa shape index (κ1) is 21.5. The second kappa shape index (κ2) is 10.4. The minimum Gasteiger partial charge on any atom is -0.463 e. The summed E-state index contributed by atoms with van der Waals surface area (Å²) >= 11 is 0. The number of nitrogens with zero attached hydrogens (tertiary/aromatic N) is 3. The summed E-state index contributed by atoms with van der Waals surface area (Å²) in [6.07, 6.45) is 6.48. The Labute approximate surface area is 166 Å². The number of aromatic nitrogens is 2. The molecule has 2 aromatic rings. The summed E-state index contributed by atoms with van der Waals surface area (Å²) in [7, 11) is 0. The van der Waals surface area contributed by atoms with Gasteiger partial charge < -0.3 is 24.7 Å². The molecule has 7 nitrogen and oxygen atoms in total. The van der Waals surface area contributed by atoms with Crippen LogP contribution in [0.5, 0.6) is 0 Å². The van der Waals surface area contributed by atoms with Crippen molar-refractivity contribution in [3.8, 4) is 0 Å². The van der Waals surface area contributed by atoms with Crippen LogP contribution < -0.4 is 10.6 Å². The number of imidazole rings is 1. The van der Waals surface area contributed by atoms with Crippen molar-refractivity contribution in [1.82, 2.24) is 20.2 Å². The van der Waals surface area contributed by atoms with E-state index in [1.165, 1.54) is 0 Å². The molecule has 0 bridgehead atoms. The van der Waals surface area contributed by atoms with Gasteiger partial charge >= 0.3 is 0 Å². The van der Waals surface area contributed by atoms with Gasteiger partial charge in [0.15, 0.2) is 5.96 Å². The van der Waals surface area contributed by atoms with Gasteiger partial charge in [0, 0.05) is 32.0 Å². The minimum absolute atomic E-state index is 0. The number of hydrogen-bond acceptors (Lipinski definition) is 4. The third kappa shape index (κ3) is 7.07. The van der Waals surface area contributed by atoms with Gasteiger partial charge in [-0.1, -0.05) is 0 Å². The van der Waals surface area contributed by atoms with Crippen LogP contribution in [0.3, 0.4) is 0 Å². The molecule has 2 aromatic heterocycles. The number of hydrogen-bond donors (Lipinski definition) is 3. The average molecular weight is 461 g/mol. The molecule has 8 heteroatoms. The molecule has 3 N–H and O–H groups in total. The Hall–Kier alpha value is -1.55. The van der Waals surface area contributed by atoms with E-state index in [0.717, 1.165) is 31.8 Å². The number of nitrogens with one attached hydrogen (secondary N) is 2. The standard InChI is InChI=1S/C17H27N5O2.HI/c1-4-19-16(20-8-5-10-22-11-9-18-13-22)21-12-17(3,23)15-7-6-14(2)24-15;/h6-7,9,11,13,23H,4-5,8,10,12H2,1-3H3,(H2,19,20,21);1H. The predicted octanol–water partition coefficient (Wildman–Crippen LogP) is 2.26.